The van der Waals surface area contributed by atoms with Crippen LogP contribution in [0.2, 0.25) is 5.02 Å². The maximum absolute atomic E-state index is 11.8. The van der Waals surface area contributed by atoms with Crippen molar-refractivity contribution < 1.29 is 19.7 Å². The minimum Gasteiger partial charge on any atom is -0.478 e. The highest BCUT2D eigenvalue weighted by molar-refractivity contribution is 6.31. The van der Waals surface area contributed by atoms with Gasteiger partial charge in [-0.05, 0) is 73.6 Å². The number of benzene rings is 3. The summed E-state index contributed by atoms with van der Waals surface area (Å²) in [5.41, 5.74) is 10.4. The molecule has 3 rings (SSSR count). The Morgan fingerprint density at radius 1 is 1.05 bits per heavy atom. The number of β-amino-alcohol motifs (C(OH)–C–C–N with tert-alkyl or cyclic N) is 1. The zero-order valence-electron chi connectivity index (χ0n) is 21.7. The lowest BCUT2D eigenvalue weighted by atomic mass is 9.94. The van der Waals surface area contributed by atoms with Crippen LogP contribution >= 0.6 is 11.6 Å². The van der Waals surface area contributed by atoms with Crippen molar-refractivity contribution in [3.63, 3.8) is 0 Å². The van der Waals surface area contributed by atoms with E-state index in [0.717, 1.165) is 28.7 Å². The molecule has 3 aromatic rings. The number of aliphatic hydroxyl groups excluding tert-OH is 1. The second-order valence-corrected chi connectivity index (χ2v) is 10.5. The molecule has 0 aliphatic rings. The Kier molecular flexibility index (Phi) is 10.3. The summed E-state index contributed by atoms with van der Waals surface area (Å²) in [4.78, 5) is 11.8. The normalized spacial score (nSPS) is 13.4. The third kappa shape index (κ3) is 8.66. The van der Waals surface area contributed by atoms with E-state index in [2.05, 4.69) is 19.2 Å². The number of aliphatic hydroxyl groups is 1. The topological polar surface area (TPSA) is 105 Å². The van der Waals surface area contributed by atoms with Crippen LogP contribution in [0.5, 0.6) is 0 Å². The predicted octanol–water partition coefficient (Wildman–Crippen LogP) is 5.08. The quantitative estimate of drug-likeness (QED) is 0.248. The van der Waals surface area contributed by atoms with E-state index in [-0.39, 0.29) is 23.8 Å². The van der Waals surface area contributed by atoms with E-state index in [9.17, 15) is 15.0 Å². The van der Waals surface area contributed by atoms with Crippen LogP contribution in [-0.4, -0.2) is 47.1 Å². The number of hydrogen-bond donors (Lipinski definition) is 4. The monoisotopic (exact) mass is 524 g/mol. The van der Waals surface area contributed by atoms with E-state index in [4.69, 9.17) is 22.1 Å². The third-order valence-electron chi connectivity index (χ3n) is 6.32. The van der Waals surface area contributed by atoms with Gasteiger partial charge in [-0.25, -0.2) is 4.79 Å². The molecule has 1 unspecified atom stereocenters. The summed E-state index contributed by atoms with van der Waals surface area (Å²) in [7, 11) is 0. The molecule has 0 fully saturated rings. The lowest BCUT2D eigenvalue weighted by Gasteiger charge is -2.28. The number of ether oxygens (including phenoxy) is 1. The van der Waals surface area contributed by atoms with Crippen molar-refractivity contribution in [2.24, 2.45) is 5.73 Å². The number of halogens is 1. The summed E-state index contributed by atoms with van der Waals surface area (Å²) in [6.45, 7) is 6.93. The Morgan fingerprint density at radius 3 is 2.43 bits per heavy atom. The average Bonchev–Trinajstić information content (AvgIpc) is 2.86. The van der Waals surface area contributed by atoms with Crippen molar-refractivity contribution in [3.05, 3.63) is 94.0 Å². The zero-order valence-corrected chi connectivity index (χ0v) is 22.5. The fourth-order valence-electron chi connectivity index (χ4n) is 4.32. The minimum absolute atomic E-state index is 0.141. The van der Waals surface area contributed by atoms with Gasteiger partial charge in [0.1, 0.15) is 0 Å². The van der Waals surface area contributed by atoms with E-state index >= 15 is 0 Å². The van der Waals surface area contributed by atoms with Gasteiger partial charge in [0, 0.05) is 23.7 Å². The summed E-state index contributed by atoms with van der Waals surface area (Å²) >= 11 is 6.29. The van der Waals surface area contributed by atoms with Crippen molar-refractivity contribution >= 4 is 17.6 Å². The summed E-state index contributed by atoms with van der Waals surface area (Å²) in [6.07, 6.45) is 0.180. The molecular formula is C30H37ClN2O4. The van der Waals surface area contributed by atoms with Crippen molar-refractivity contribution in [1.82, 2.24) is 5.32 Å². The number of aromatic carboxylic acids is 1. The molecule has 0 radical (unpaired) electrons. The van der Waals surface area contributed by atoms with Gasteiger partial charge < -0.3 is 26.0 Å². The Balaban J connectivity index is 1.53. The Labute approximate surface area is 224 Å². The molecule has 0 aromatic heterocycles. The first-order valence-electron chi connectivity index (χ1n) is 12.5. The van der Waals surface area contributed by atoms with Gasteiger partial charge in [-0.3, -0.25) is 0 Å². The van der Waals surface area contributed by atoms with Gasteiger partial charge in [0.2, 0.25) is 0 Å². The van der Waals surface area contributed by atoms with E-state index in [0.29, 0.717) is 30.1 Å². The van der Waals surface area contributed by atoms with Crippen LogP contribution in [0.3, 0.4) is 0 Å². The molecule has 37 heavy (non-hydrogen) atoms. The Bertz CT molecular complexity index is 1180. The molecule has 0 heterocycles. The van der Waals surface area contributed by atoms with Crippen molar-refractivity contribution in [3.8, 4) is 11.1 Å². The number of carboxylic acids is 1. The minimum atomic E-state index is -0.966. The number of hydrogen-bond acceptors (Lipinski definition) is 5. The molecular weight excluding hydrogens is 488 g/mol. The lowest BCUT2D eigenvalue weighted by molar-refractivity contribution is -0.00289. The maximum atomic E-state index is 11.8. The van der Waals surface area contributed by atoms with Crippen LogP contribution in [0.25, 0.3) is 11.1 Å². The zero-order chi connectivity index (χ0) is 27.0. The second kappa shape index (κ2) is 13.2. The summed E-state index contributed by atoms with van der Waals surface area (Å²) < 4.78 is 5.90. The first-order valence-corrected chi connectivity index (χ1v) is 12.9. The fraction of sp³-hybridized carbons (Fsp3) is 0.367. The molecule has 0 saturated heterocycles. The predicted molar refractivity (Wildman–Crippen MR) is 149 cm³/mol. The molecule has 0 spiro atoms. The molecule has 7 heteroatoms. The van der Waals surface area contributed by atoms with Crippen LogP contribution < -0.4 is 11.1 Å². The van der Waals surface area contributed by atoms with Gasteiger partial charge >= 0.3 is 5.97 Å². The van der Waals surface area contributed by atoms with E-state index in [1.807, 2.05) is 67.6 Å². The number of rotatable bonds is 13. The average molecular weight is 525 g/mol. The third-order valence-corrected chi connectivity index (χ3v) is 6.67. The SMILES string of the molecule is CC(Cc1cc(-c2ccccc2)ccc1C(=O)O)OC[C@H](O)CNC(C)(C)Cc1ccc(CN)c(Cl)c1. The van der Waals surface area contributed by atoms with Crippen LogP contribution in [0.1, 0.15) is 47.8 Å². The lowest BCUT2D eigenvalue weighted by Crippen LogP contribution is -2.46. The van der Waals surface area contributed by atoms with Crippen molar-refractivity contribution in [1.29, 1.82) is 0 Å². The van der Waals surface area contributed by atoms with Gasteiger partial charge in [-0.2, -0.15) is 0 Å². The molecule has 0 bridgehead atoms. The van der Waals surface area contributed by atoms with Crippen LogP contribution in [0.4, 0.5) is 0 Å². The van der Waals surface area contributed by atoms with Gasteiger partial charge in [-0.15, -0.1) is 0 Å². The summed E-state index contributed by atoms with van der Waals surface area (Å²) in [6, 6.07) is 21.1. The molecule has 3 aromatic carbocycles. The summed E-state index contributed by atoms with van der Waals surface area (Å²) in [5, 5.41) is 24.2. The van der Waals surface area contributed by atoms with Gasteiger partial charge in [0.15, 0.2) is 0 Å². The maximum Gasteiger partial charge on any atom is 0.335 e. The van der Waals surface area contributed by atoms with Crippen LogP contribution in [-0.2, 0) is 24.1 Å². The first-order chi connectivity index (χ1) is 17.6. The first kappa shape index (κ1) is 28.8. The van der Waals surface area contributed by atoms with E-state index in [1.54, 1.807) is 6.07 Å². The van der Waals surface area contributed by atoms with Crippen LogP contribution in [0.15, 0.2) is 66.7 Å². The Hall–Kier alpha value is -2.74. The molecule has 198 valence electrons. The molecule has 0 aliphatic carbocycles. The Morgan fingerprint density at radius 2 is 1.78 bits per heavy atom. The van der Waals surface area contributed by atoms with Gasteiger partial charge in [0.05, 0.1) is 24.4 Å². The highest BCUT2D eigenvalue weighted by Crippen LogP contribution is 2.24. The highest BCUT2D eigenvalue weighted by atomic mass is 35.5. The summed E-state index contributed by atoms with van der Waals surface area (Å²) in [5.74, 6) is -0.966. The van der Waals surface area contributed by atoms with Gasteiger partial charge in [0.25, 0.3) is 0 Å². The molecule has 6 nitrogen and oxygen atoms in total. The van der Waals surface area contributed by atoms with E-state index < -0.39 is 12.1 Å². The molecule has 0 amide bonds. The molecule has 0 aliphatic heterocycles. The highest BCUT2D eigenvalue weighted by Gasteiger charge is 2.21. The number of carbonyl (C=O) groups is 1. The number of nitrogens with one attached hydrogen (secondary N) is 1. The van der Waals surface area contributed by atoms with Crippen molar-refractivity contribution in [2.45, 2.75) is 57.9 Å². The largest absolute Gasteiger partial charge is 0.478 e. The number of carboxylic acid groups (broad SMARTS) is 1. The molecule has 5 N–H and O–H groups in total. The van der Waals surface area contributed by atoms with E-state index in [1.165, 1.54) is 0 Å². The number of nitrogens with two attached hydrogens (primary N) is 1. The smallest absolute Gasteiger partial charge is 0.335 e. The standard InChI is InChI=1S/C30H37ClN2O4/c1-20(13-25-15-23(11-12-27(25)29(35)36)22-7-5-4-6-8-22)37-19-26(34)18-33-30(2,3)16-21-9-10-24(17-32)28(31)14-21/h4-12,14-15,20,26,33-34H,13,16-19,32H2,1-3H3,(H,35,36)/t20?,26-/m1/s1. The van der Waals surface area contributed by atoms with Crippen molar-refractivity contribution in [2.75, 3.05) is 13.2 Å². The van der Waals surface area contributed by atoms with Crippen LogP contribution in [0, 0.1) is 0 Å². The molecule has 2 atom stereocenters. The fourth-order valence-corrected chi connectivity index (χ4v) is 4.60. The second-order valence-electron chi connectivity index (χ2n) is 10.1. The molecule has 0 saturated carbocycles. The van der Waals surface area contributed by atoms with Gasteiger partial charge in [-0.1, -0.05) is 66.2 Å².